The van der Waals surface area contributed by atoms with E-state index in [0.29, 0.717) is 37.7 Å². The highest BCUT2D eigenvalue weighted by Gasteiger charge is 2.55. The second kappa shape index (κ2) is 8.87. The summed E-state index contributed by atoms with van der Waals surface area (Å²) < 4.78 is 80.8. The van der Waals surface area contributed by atoms with E-state index in [9.17, 15) is 31.1 Å². The van der Waals surface area contributed by atoms with Gasteiger partial charge in [-0.25, -0.2) is 0 Å². The molecule has 3 heterocycles. The van der Waals surface area contributed by atoms with E-state index >= 15 is 0 Å². The summed E-state index contributed by atoms with van der Waals surface area (Å²) in [6.45, 7) is 0.649. The third kappa shape index (κ3) is 4.82. The molecule has 1 saturated heterocycles. The molecule has 4 rings (SSSR count). The summed E-state index contributed by atoms with van der Waals surface area (Å²) in [6.07, 6.45) is -7.32. The summed E-state index contributed by atoms with van der Waals surface area (Å²) in [5.74, 6) is -1.46. The van der Waals surface area contributed by atoms with Gasteiger partial charge in [0.15, 0.2) is 5.69 Å². The number of alkyl halides is 6. The number of rotatable bonds is 3. The van der Waals surface area contributed by atoms with Gasteiger partial charge in [0, 0.05) is 37.3 Å². The van der Waals surface area contributed by atoms with Gasteiger partial charge in [-0.2, -0.15) is 31.3 Å². The van der Waals surface area contributed by atoms with Gasteiger partial charge in [-0.1, -0.05) is 11.8 Å². The number of nitrogens with two attached hydrogens (primary N) is 2. The minimum Gasteiger partial charge on any atom is -0.382 e. The van der Waals surface area contributed by atoms with E-state index in [2.05, 4.69) is 9.97 Å². The van der Waals surface area contributed by atoms with Crippen LogP contribution in [0.15, 0.2) is 32.9 Å². The number of aromatic nitrogens is 3. The number of nitrogen functional groups attached to an aromatic ring is 1. The topological polar surface area (TPSA) is 103 Å². The lowest BCUT2D eigenvalue weighted by atomic mass is 9.74. The Morgan fingerprint density at radius 1 is 1.17 bits per heavy atom. The van der Waals surface area contributed by atoms with E-state index < -0.39 is 41.0 Å². The van der Waals surface area contributed by atoms with Crippen LogP contribution < -0.4 is 21.9 Å². The molecule has 1 saturated carbocycles. The van der Waals surface area contributed by atoms with Gasteiger partial charge >= 0.3 is 12.4 Å². The van der Waals surface area contributed by atoms with Crippen molar-refractivity contribution in [3.05, 3.63) is 34.4 Å². The van der Waals surface area contributed by atoms with Crippen LogP contribution in [0.5, 0.6) is 0 Å². The molecule has 2 atom stereocenters. The second-order valence-corrected chi connectivity index (χ2v) is 10.1. The quantitative estimate of drug-likeness (QED) is 0.591. The zero-order chi connectivity index (χ0) is 25.8. The van der Waals surface area contributed by atoms with Crippen molar-refractivity contribution in [1.82, 2.24) is 14.5 Å². The molecule has 1 spiro atoms. The standard InChI is InChI=1S/C21H24F6N6OS/c1-32-17(34)14(35-12-3-2-6-30-15(12)21(25,26)27)16(29)31-18(32)33-7-4-19(5-8-33)10-11(9-13(19)28)20(22,23)24/h2-3,6,11,13H,4-5,7-10,28-29H2,1H3/t11-,13+/m0/s1. The van der Waals surface area contributed by atoms with Gasteiger partial charge in [0.05, 0.1) is 5.92 Å². The number of nitrogens with zero attached hydrogens (tertiary/aromatic N) is 4. The van der Waals surface area contributed by atoms with Crippen molar-refractivity contribution in [3.63, 3.8) is 0 Å². The first-order valence-electron chi connectivity index (χ1n) is 10.9. The first-order chi connectivity index (χ1) is 16.2. The highest BCUT2D eigenvalue weighted by Crippen LogP contribution is 2.53. The van der Waals surface area contributed by atoms with Gasteiger partial charge < -0.3 is 16.4 Å². The molecular weight excluding hydrogens is 498 g/mol. The fourth-order valence-electron chi connectivity index (χ4n) is 5.02. The third-order valence-electron chi connectivity index (χ3n) is 6.99. The normalized spacial score (nSPS) is 22.7. The average molecular weight is 523 g/mol. The van der Waals surface area contributed by atoms with Gasteiger partial charge in [0.2, 0.25) is 5.95 Å². The predicted octanol–water partition coefficient (Wildman–Crippen LogP) is 3.81. The van der Waals surface area contributed by atoms with Gasteiger partial charge in [-0.3, -0.25) is 14.3 Å². The first-order valence-corrected chi connectivity index (χ1v) is 11.7. The Kier molecular flexibility index (Phi) is 6.49. The minimum absolute atomic E-state index is 0.0256. The van der Waals surface area contributed by atoms with Crippen LogP contribution in [0, 0.1) is 11.3 Å². The molecule has 2 aromatic rings. The van der Waals surface area contributed by atoms with Crippen molar-refractivity contribution >= 4 is 23.5 Å². The van der Waals surface area contributed by atoms with Crippen LogP contribution in [0.1, 0.15) is 31.4 Å². The van der Waals surface area contributed by atoms with E-state index in [1.54, 1.807) is 4.90 Å². The van der Waals surface area contributed by atoms with Crippen molar-refractivity contribution in [2.24, 2.45) is 24.1 Å². The van der Waals surface area contributed by atoms with Gasteiger partial charge in [0.25, 0.3) is 5.56 Å². The van der Waals surface area contributed by atoms with Crippen LogP contribution in [0.4, 0.5) is 38.1 Å². The Morgan fingerprint density at radius 2 is 1.83 bits per heavy atom. The molecule has 192 valence electrons. The Morgan fingerprint density at radius 3 is 2.40 bits per heavy atom. The summed E-state index contributed by atoms with van der Waals surface area (Å²) in [5, 5.41) is 0. The Hall–Kier alpha value is -2.48. The first kappa shape index (κ1) is 25.6. The van der Waals surface area contributed by atoms with E-state index in [1.807, 2.05) is 0 Å². The molecule has 0 aromatic carbocycles. The third-order valence-corrected chi connectivity index (χ3v) is 8.12. The lowest BCUT2D eigenvalue weighted by Crippen LogP contribution is -2.48. The van der Waals surface area contributed by atoms with Crippen LogP contribution >= 0.6 is 11.8 Å². The maximum absolute atomic E-state index is 13.3. The zero-order valence-electron chi connectivity index (χ0n) is 18.7. The summed E-state index contributed by atoms with van der Waals surface area (Å²) in [5.41, 5.74) is 9.72. The lowest BCUT2D eigenvalue weighted by molar-refractivity contribution is -0.174. The SMILES string of the molecule is Cn1c(N2CCC3(CC2)C[C@@H](C(F)(F)F)C[C@H]3N)nc(N)c(Sc2cccnc2C(F)(F)F)c1=O. The number of hydrogen-bond donors (Lipinski definition) is 2. The number of anilines is 2. The lowest BCUT2D eigenvalue weighted by Gasteiger charge is -2.42. The van der Waals surface area contributed by atoms with Crippen molar-refractivity contribution < 1.29 is 26.3 Å². The Bertz CT molecular complexity index is 1160. The highest BCUT2D eigenvalue weighted by atomic mass is 32.2. The molecule has 0 unspecified atom stereocenters. The van der Waals surface area contributed by atoms with Crippen LogP contribution in [0.2, 0.25) is 0 Å². The summed E-state index contributed by atoms with van der Waals surface area (Å²) in [6, 6.07) is 1.94. The van der Waals surface area contributed by atoms with Crippen molar-refractivity contribution in [2.45, 2.75) is 53.9 Å². The zero-order valence-corrected chi connectivity index (χ0v) is 19.5. The number of piperidine rings is 1. The average Bonchev–Trinajstić information content (AvgIpc) is 3.10. The van der Waals surface area contributed by atoms with Gasteiger partial charge in [-0.05, 0) is 43.2 Å². The molecule has 4 N–H and O–H groups in total. The molecule has 2 aromatic heterocycles. The van der Waals surface area contributed by atoms with E-state index in [0.717, 1.165) is 6.20 Å². The molecule has 2 aliphatic rings. The molecular formula is C21H24F6N6OS. The summed E-state index contributed by atoms with van der Waals surface area (Å²) in [4.78, 5) is 22.0. The van der Waals surface area contributed by atoms with Crippen molar-refractivity contribution in [2.75, 3.05) is 23.7 Å². The van der Waals surface area contributed by atoms with Crippen LogP contribution in [0.3, 0.4) is 0 Å². The molecule has 7 nitrogen and oxygen atoms in total. The maximum atomic E-state index is 13.3. The van der Waals surface area contributed by atoms with Crippen LogP contribution in [0.25, 0.3) is 0 Å². The molecule has 1 aliphatic carbocycles. The molecule has 1 aliphatic heterocycles. The largest absolute Gasteiger partial charge is 0.434 e. The second-order valence-electron chi connectivity index (χ2n) is 9.07. The molecule has 0 amide bonds. The number of hydrogen-bond acceptors (Lipinski definition) is 7. The van der Waals surface area contributed by atoms with Gasteiger partial charge in [0.1, 0.15) is 10.7 Å². The van der Waals surface area contributed by atoms with E-state index in [4.69, 9.17) is 11.5 Å². The molecule has 14 heteroatoms. The van der Waals surface area contributed by atoms with Crippen LogP contribution in [-0.2, 0) is 13.2 Å². The fourth-order valence-corrected chi connectivity index (χ4v) is 6.03. The molecule has 35 heavy (non-hydrogen) atoms. The Balaban J connectivity index is 1.56. The Labute approximate surface area is 200 Å². The van der Waals surface area contributed by atoms with Gasteiger partial charge in [-0.15, -0.1) is 0 Å². The molecule has 0 radical (unpaired) electrons. The highest BCUT2D eigenvalue weighted by molar-refractivity contribution is 7.99. The van der Waals surface area contributed by atoms with E-state index in [-0.39, 0.29) is 34.4 Å². The minimum atomic E-state index is -4.72. The molecule has 0 bridgehead atoms. The monoisotopic (exact) mass is 522 g/mol. The number of halogens is 6. The molecule has 2 fully saturated rings. The van der Waals surface area contributed by atoms with E-state index in [1.165, 1.54) is 23.7 Å². The van der Waals surface area contributed by atoms with Crippen molar-refractivity contribution in [1.29, 1.82) is 0 Å². The number of pyridine rings is 1. The van der Waals surface area contributed by atoms with Crippen molar-refractivity contribution in [3.8, 4) is 0 Å². The predicted molar refractivity (Wildman–Crippen MR) is 118 cm³/mol. The van der Waals surface area contributed by atoms with Crippen LogP contribution in [-0.4, -0.2) is 39.8 Å². The summed E-state index contributed by atoms with van der Waals surface area (Å²) in [7, 11) is 1.42. The fraction of sp³-hybridized carbons (Fsp3) is 0.571. The smallest absolute Gasteiger partial charge is 0.382 e. The maximum Gasteiger partial charge on any atom is 0.434 e. The summed E-state index contributed by atoms with van der Waals surface area (Å²) >= 11 is 0.537.